The van der Waals surface area contributed by atoms with Crippen molar-refractivity contribution in [2.24, 2.45) is 4.99 Å². The Morgan fingerprint density at radius 2 is 1.82 bits per heavy atom. The quantitative estimate of drug-likeness (QED) is 0.595. The lowest BCUT2D eigenvalue weighted by Crippen LogP contribution is -2.24. The van der Waals surface area contributed by atoms with E-state index >= 15 is 0 Å². The van der Waals surface area contributed by atoms with Crippen LogP contribution in [-0.4, -0.2) is 23.8 Å². The molecular formula is C14H19NO2. The van der Waals surface area contributed by atoms with Gasteiger partial charge in [0.2, 0.25) is 0 Å². The molecule has 3 heteroatoms. The zero-order valence-corrected chi connectivity index (χ0v) is 10.9. The van der Waals surface area contributed by atoms with Crippen molar-refractivity contribution in [2.75, 3.05) is 6.61 Å². The third-order valence-corrected chi connectivity index (χ3v) is 1.96. The highest BCUT2D eigenvalue weighted by atomic mass is 16.5. The Balaban J connectivity index is 3.12. The van der Waals surface area contributed by atoms with Crippen LogP contribution in [0, 0.1) is 0 Å². The Morgan fingerprint density at radius 1 is 1.24 bits per heavy atom. The van der Waals surface area contributed by atoms with Gasteiger partial charge in [-0.2, -0.15) is 0 Å². The highest BCUT2D eigenvalue weighted by molar-refractivity contribution is 6.43. The summed E-state index contributed by atoms with van der Waals surface area (Å²) >= 11 is 0. The molecule has 0 saturated heterocycles. The van der Waals surface area contributed by atoms with Crippen molar-refractivity contribution >= 4 is 11.7 Å². The number of hydrogen-bond donors (Lipinski definition) is 0. The first-order chi connectivity index (χ1) is 7.94. The molecule has 0 heterocycles. The van der Waals surface area contributed by atoms with Crippen molar-refractivity contribution in [3.8, 4) is 0 Å². The Hall–Kier alpha value is -1.64. The van der Waals surface area contributed by atoms with Crippen molar-refractivity contribution in [3.63, 3.8) is 0 Å². The van der Waals surface area contributed by atoms with E-state index in [0.29, 0.717) is 12.3 Å². The molecule has 0 saturated carbocycles. The molecule has 1 aromatic carbocycles. The first kappa shape index (κ1) is 13.4. The minimum atomic E-state index is -0.367. The summed E-state index contributed by atoms with van der Waals surface area (Å²) < 4.78 is 5.03. The Labute approximate surface area is 103 Å². The van der Waals surface area contributed by atoms with Gasteiger partial charge in [0, 0.05) is 5.56 Å². The van der Waals surface area contributed by atoms with Crippen molar-refractivity contribution in [1.82, 2.24) is 0 Å². The highest BCUT2D eigenvalue weighted by Crippen LogP contribution is 2.12. The fraction of sp³-hybridized carbons (Fsp3) is 0.429. The second kappa shape index (κ2) is 5.62. The molecule has 0 radical (unpaired) electrons. The third kappa shape index (κ3) is 4.39. The van der Waals surface area contributed by atoms with Crippen LogP contribution in [0.4, 0.5) is 0 Å². The van der Waals surface area contributed by atoms with E-state index in [1.54, 1.807) is 6.92 Å². The zero-order valence-electron chi connectivity index (χ0n) is 10.9. The lowest BCUT2D eigenvalue weighted by molar-refractivity contribution is -0.135. The van der Waals surface area contributed by atoms with Gasteiger partial charge < -0.3 is 4.74 Å². The van der Waals surface area contributed by atoms with Crippen LogP contribution in [-0.2, 0) is 9.53 Å². The molecule has 0 unspecified atom stereocenters. The minimum Gasteiger partial charge on any atom is -0.461 e. The highest BCUT2D eigenvalue weighted by Gasteiger charge is 2.18. The van der Waals surface area contributed by atoms with Crippen molar-refractivity contribution < 1.29 is 9.53 Å². The van der Waals surface area contributed by atoms with Gasteiger partial charge in [-0.15, -0.1) is 0 Å². The van der Waals surface area contributed by atoms with Crippen LogP contribution in [0.15, 0.2) is 35.3 Å². The summed E-state index contributed by atoms with van der Waals surface area (Å²) in [4.78, 5) is 16.3. The SMILES string of the molecule is CCOC(=O)C(=NC(C)(C)C)c1ccccc1. The predicted octanol–water partition coefficient (Wildman–Crippen LogP) is 2.84. The number of rotatable bonds is 3. The summed E-state index contributed by atoms with van der Waals surface area (Å²) in [6, 6.07) is 9.39. The van der Waals surface area contributed by atoms with E-state index < -0.39 is 0 Å². The van der Waals surface area contributed by atoms with Crippen LogP contribution in [0.2, 0.25) is 0 Å². The molecule has 17 heavy (non-hydrogen) atoms. The average molecular weight is 233 g/mol. The van der Waals surface area contributed by atoms with Crippen LogP contribution >= 0.6 is 0 Å². The van der Waals surface area contributed by atoms with Gasteiger partial charge in [-0.05, 0) is 27.7 Å². The lowest BCUT2D eigenvalue weighted by atomic mass is 10.1. The molecule has 3 nitrogen and oxygen atoms in total. The van der Waals surface area contributed by atoms with Gasteiger partial charge in [-0.3, -0.25) is 4.99 Å². The molecule has 0 aromatic heterocycles. The topological polar surface area (TPSA) is 38.7 Å². The van der Waals surface area contributed by atoms with E-state index in [-0.39, 0.29) is 11.5 Å². The maximum absolute atomic E-state index is 11.9. The first-order valence-corrected chi connectivity index (χ1v) is 5.76. The Kier molecular flexibility index (Phi) is 4.44. The van der Waals surface area contributed by atoms with Crippen molar-refractivity contribution in [2.45, 2.75) is 33.2 Å². The predicted molar refractivity (Wildman–Crippen MR) is 69.4 cm³/mol. The molecular weight excluding hydrogens is 214 g/mol. The first-order valence-electron chi connectivity index (χ1n) is 5.76. The largest absolute Gasteiger partial charge is 0.461 e. The maximum Gasteiger partial charge on any atom is 0.357 e. The average Bonchev–Trinajstić information content (AvgIpc) is 2.26. The van der Waals surface area contributed by atoms with Crippen molar-refractivity contribution in [1.29, 1.82) is 0 Å². The number of nitrogens with zero attached hydrogens (tertiary/aromatic N) is 1. The molecule has 0 aliphatic rings. The monoisotopic (exact) mass is 233 g/mol. The molecule has 0 atom stereocenters. The summed E-state index contributed by atoms with van der Waals surface area (Å²) in [7, 11) is 0. The standard InChI is InChI=1S/C14H19NO2/c1-5-17-13(16)12(15-14(2,3)4)11-9-7-6-8-10-11/h6-10H,5H2,1-4H3. The molecule has 0 N–H and O–H groups in total. The third-order valence-electron chi connectivity index (χ3n) is 1.96. The molecule has 0 aliphatic carbocycles. The number of hydrogen-bond acceptors (Lipinski definition) is 3. The smallest absolute Gasteiger partial charge is 0.357 e. The molecule has 0 aliphatic heterocycles. The molecule has 1 rings (SSSR count). The van der Waals surface area contributed by atoms with E-state index in [0.717, 1.165) is 5.56 Å². The number of carbonyl (C=O) groups is 1. The number of carbonyl (C=O) groups excluding carboxylic acids is 1. The summed E-state index contributed by atoms with van der Waals surface area (Å²) in [5.74, 6) is -0.367. The molecule has 0 amide bonds. The van der Waals surface area contributed by atoms with Crippen molar-refractivity contribution in [3.05, 3.63) is 35.9 Å². The normalized spacial score (nSPS) is 12.4. The van der Waals surface area contributed by atoms with Crippen LogP contribution < -0.4 is 0 Å². The Bertz CT molecular complexity index is 402. The van der Waals surface area contributed by atoms with Gasteiger partial charge in [-0.25, -0.2) is 4.79 Å². The van der Waals surface area contributed by atoms with Gasteiger partial charge >= 0.3 is 5.97 Å². The Morgan fingerprint density at radius 3 is 2.29 bits per heavy atom. The molecule has 0 fully saturated rings. The van der Waals surface area contributed by atoms with E-state index in [4.69, 9.17) is 4.74 Å². The number of aliphatic imine (C=N–C) groups is 1. The van der Waals surface area contributed by atoms with E-state index in [9.17, 15) is 4.79 Å². The van der Waals surface area contributed by atoms with Gasteiger partial charge in [0.15, 0.2) is 5.71 Å². The van der Waals surface area contributed by atoms with Gasteiger partial charge in [0.05, 0.1) is 12.1 Å². The summed E-state index contributed by atoms with van der Waals surface area (Å²) in [6.07, 6.45) is 0. The molecule has 1 aromatic rings. The fourth-order valence-electron chi connectivity index (χ4n) is 1.36. The van der Waals surface area contributed by atoms with Gasteiger partial charge in [-0.1, -0.05) is 30.3 Å². The second-order valence-electron chi connectivity index (χ2n) is 4.72. The molecule has 0 bridgehead atoms. The number of benzene rings is 1. The van der Waals surface area contributed by atoms with Crippen LogP contribution in [0.25, 0.3) is 0 Å². The molecule has 0 spiro atoms. The second-order valence-corrected chi connectivity index (χ2v) is 4.72. The number of esters is 1. The number of ether oxygens (including phenoxy) is 1. The van der Waals surface area contributed by atoms with E-state index in [1.807, 2.05) is 51.1 Å². The van der Waals surface area contributed by atoms with Gasteiger partial charge in [0.25, 0.3) is 0 Å². The zero-order chi connectivity index (χ0) is 12.9. The lowest BCUT2D eigenvalue weighted by Gasteiger charge is -2.15. The van der Waals surface area contributed by atoms with E-state index in [2.05, 4.69) is 4.99 Å². The van der Waals surface area contributed by atoms with Crippen LogP contribution in [0.1, 0.15) is 33.3 Å². The summed E-state index contributed by atoms with van der Waals surface area (Å²) in [6.45, 7) is 8.01. The van der Waals surface area contributed by atoms with Crippen LogP contribution in [0.3, 0.4) is 0 Å². The van der Waals surface area contributed by atoms with Gasteiger partial charge in [0.1, 0.15) is 0 Å². The summed E-state index contributed by atoms with van der Waals surface area (Å²) in [5, 5.41) is 0. The fourth-order valence-corrected chi connectivity index (χ4v) is 1.36. The maximum atomic E-state index is 11.9. The van der Waals surface area contributed by atoms with E-state index in [1.165, 1.54) is 0 Å². The molecule has 92 valence electrons. The minimum absolute atomic E-state index is 0.308. The van der Waals surface area contributed by atoms with Crippen LogP contribution in [0.5, 0.6) is 0 Å². The summed E-state index contributed by atoms with van der Waals surface area (Å²) in [5.41, 5.74) is 0.874.